The van der Waals surface area contributed by atoms with Crippen molar-refractivity contribution in [1.29, 1.82) is 0 Å². The first-order valence-electron chi connectivity index (χ1n) is 8.44. The average molecular weight is 335 g/mol. The van der Waals surface area contributed by atoms with Crippen molar-refractivity contribution in [2.45, 2.75) is 19.8 Å². The van der Waals surface area contributed by atoms with Gasteiger partial charge in [0.2, 0.25) is 0 Å². The minimum atomic E-state index is -0.257. The van der Waals surface area contributed by atoms with Crippen LogP contribution in [0.5, 0.6) is 0 Å². The van der Waals surface area contributed by atoms with Crippen LogP contribution in [0.25, 0.3) is 0 Å². The highest BCUT2D eigenvalue weighted by molar-refractivity contribution is 5.92. The maximum absolute atomic E-state index is 6.00. The Hall–Kier alpha value is -2.79. The van der Waals surface area contributed by atoms with Crippen LogP contribution in [-0.2, 0) is 6.54 Å². The van der Waals surface area contributed by atoms with Gasteiger partial charge in [-0.25, -0.2) is 4.99 Å². The van der Waals surface area contributed by atoms with Crippen molar-refractivity contribution in [3.8, 4) is 0 Å². The van der Waals surface area contributed by atoms with E-state index in [1.807, 2.05) is 24.3 Å². The zero-order valence-electron chi connectivity index (χ0n) is 14.7. The summed E-state index contributed by atoms with van der Waals surface area (Å²) in [5.74, 6) is 0.534. The van der Waals surface area contributed by atoms with Gasteiger partial charge in [0.05, 0.1) is 0 Å². The number of likely N-dealkylation sites (N-methyl/N-ethyl adjacent to an activating group) is 1. The molecule has 1 aliphatic heterocycles. The highest BCUT2D eigenvalue weighted by Gasteiger charge is 2.15. The molecule has 1 unspecified atom stereocenters. The number of anilines is 1. The van der Waals surface area contributed by atoms with Crippen molar-refractivity contribution in [2.75, 3.05) is 18.9 Å². The van der Waals surface area contributed by atoms with Gasteiger partial charge in [-0.15, -0.1) is 0 Å². The molecule has 5 nitrogen and oxygen atoms in total. The molecule has 0 spiro atoms. The maximum Gasteiger partial charge on any atom is 0.196 e. The van der Waals surface area contributed by atoms with Gasteiger partial charge in [-0.05, 0) is 31.7 Å². The van der Waals surface area contributed by atoms with Gasteiger partial charge in [0.25, 0.3) is 0 Å². The molecule has 0 aromatic heterocycles. The lowest BCUT2D eigenvalue weighted by atomic mass is 10.2. The highest BCUT2D eigenvalue weighted by Crippen LogP contribution is 2.12. The molecule has 0 saturated heterocycles. The number of amidine groups is 1. The van der Waals surface area contributed by atoms with Crippen molar-refractivity contribution >= 4 is 11.5 Å². The third kappa shape index (κ3) is 5.09. The molecular formula is C20H25N5. The largest absolute Gasteiger partial charge is 0.384 e. The van der Waals surface area contributed by atoms with Gasteiger partial charge in [-0.3, -0.25) is 4.90 Å². The fourth-order valence-electron chi connectivity index (χ4n) is 2.82. The van der Waals surface area contributed by atoms with E-state index < -0.39 is 0 Å². The van der Waals surface area contributed by atoms with E-state index in [0.29, 0.717) is 5.84 Å². The van der Waals surface area contributed by atoms with Crippen LogP contribution in [-0.4, -0.2) is 30.6 Å². The normalized spacial score (nSPS) is 16.8. The lowest BCUT2D eigenvalue weighted by molar-refractivity contribution is 0.344. The molecule has 25 heavy (non-hydrogen) atoms. The summed E-state index contributed by atoms with van der Waals surface area (Å²) in [5.41, 5.74) is 10.6. The first-order valence-corrected chi connectivity index (χ1v) is 8.44. The van der Waals surface area contributed by atoms with Crippen LogP contribution in [0.4, 0.5) is 5.69 Å². The minimum Gasteiger partial charge on any atom is -0.384 e. The van der Waals surface area contributed by atoms with E-state index in [-0.39, 0.29) is 6.29 Å². The van der Waals surface area contributed by atoms with Gasteiger partial charge in [0.15, 0.2) is 6.29 Å². The molecule has 2 aromatic carbocycles. The quantitative estimate of drug-likeness (QED) is 0.759. The molecule has 1 heterocycles. The molecular weight excluding hydrogens is 310 g/mol. The predicted molar refractivity (Wildman–Crippen MR) is 104 cm³/mol. The molecule has 0 aliphatic carbocycles. The molecule has 3 rings (SSSR count). The van der Waals surface area contributed by atoms with E-state index in [0.717, 1.165) is 24.5 Å². The van der Waals surface area contributed by atoms with Crippen molar-refractivity contribution in [2.24, 2.45) is 10.7 Å². The molecule has 1 atom stereocenters. The van der Waals surface area contributed by atoms with Crippen LogP contribution in [0.15, 0.2) is 71.4 Å². The third-order valence-electron chi connectivity index (χ3n) is 4.01. The van der Waals surface area contributed by atoms with Crippen LogP contribution in [0.3, 0.4) is 0 Å². The standard InChI is InChI=1S/C20H25N5/c1-15-8-10-17(11-9-15)22-20-23-18(12-19(21)24-20)14-25(2)13-16-6-4-3-5-7-16/h3-12,20,22-23H,13-14H2,1-2H3,(H2,21,24). The van der Waals surface area contributed by atoms with E-state index in [4.69, 9.17) is 5.73 Å². The van der Waals surface area contributed by atoms with E-state index in [1.54, 1.807) is 0 Å². The monoisotopic (exact) mass is 335 g/mol. The number of benzene rings is 2. The fraction of sp³-hybridized carbons (Fsp3) is 0.250. The van der Waals surface area contributed by atoms with Crippen molar-refractivity contribution in [3.63, 3.8) is 0 Å². The predicted octanol–water partition coefficient (Wildman–Crippen LogP) is 2.67. The van der Waals surface area contributed by atoms with E-state index >= 15 is 0 Å². The Kier molecular flexibility index (Phi) is 5.36. The Morgan fingerprint density at radius 2 is 1.80 bits per heavy atom. The number of nitrogens with two attached hydrogens (primary N) is 1. The second-order valence-corrected chi connectivity index (χ2v) is 6.44. The van der Waals surface area contributed by atoms with Gasteiger partial charge in [0, 0.05) is 30.5 Å². The number of hydrogen-bond donors (Lipinski definition) is 3. The molecule has 0 amide bonds. The van der Waals surface area contributed by atoms with Gasteiger partial charge in [-0.2, -0.15) is 0 Å². The SMILES string of the molecule is Cc1ccc(NC2N=C(N)C=C(CN(C)Cc3ccccc3)N2)cc1. The minimum absolute atomic E-state index is 0.257. The second-order valence-electron chi connectivity index (χ2n) is 6.44. The van der Waals surface area contributed by atoms with Crippen LogP contribution >= 0.6 is 0 Å². The summed E-state index contributed by atoms with van der Waals surface area (Å²) in [5, 5.41) is 6.76. The molecule has 0 saturated carbocycles. The van der Waals surface area contributed by atoms with E-state index in [1.165, 1.54) is 11.1 Å². The summed E-state index contributed by atoms with van der Waals surface area (Å²) in [6.45, 7) is 3.73. The van der Waals surface area contributed by atoms with E-state index in [2.05, 4.69) is 70.9 Å². The maximum atomic E-state index is 6.00. The zero-order valence-corrected chi connectivity index (χ0v) is 14.7. The van der Waals surface area contributed by atoms with Gasteiger partial charge in [-0.1, -0.05) is 48.0 Å². The molecule has 1 aliphatic rings. The topological polar surface area (TPSA) is 65.7 Å². The number of rotatable bonds is 6. The Bertz CT molecular complexity index is 749. The Morgan fingerprint density at radius 1 is 1.08 bits per heavy atom. The number of hydrogen-bond acceptors (Lipinski definition) is 5. The number of nitrogens with one attached hydrogen (secondary N) is 2. The highest BCUT2D eigenvalue weighted by atomic mass is 15.3. The number of aryl methyl sites for hydroxylation is 1. The lowest BCUT2D eigenvalue weighted by Crippen LogP contribution is -2.42. The van der Waals surface area contributed by atoms with Gasteiger partial charge in [0.1, 0.15) is 5.84 Å². The smallest absolute Gasteiger partial charge is 0.196 e. The van der Waals surface area contributed by atoms with Gasteiger partial charge < -0.3 is 16.4 Å². The second kappa shape index (κ2) is 7.85. The number of nitrogens with zero attached hydrogens (tertiary/aromatic N) is 2. The lowest BCUT2D eigenvalue weighted by Gasteiger charge is -2.27. The molecule has 0 radical (unpaired) electrons. The Balaban J connectivity index is 1.59. The molecule has 4 N–H and O–H groups in total. The molecule has 0 bridgehead atoms. The van der Waals surface area contributed by atoms with Crippen LogP contribution in [0.1, 0.15) is 11.1 Å². The van der Waals surface area contributed by atoms with Crippen LogP contribution in [0.2, 0.25) is 0 Å². The van der Waals surface area contributed by atoms with Crippen molar-refractivity contribution in [1.82, 2.24) is 10.2 Å². The fourth-order valence-corrected chi connectivity index (χ4v) is 2.82. The molecule has 5 heteroatoms. The van der Waals surface area contributed by atoms with Crippen molar-refractivity contribution in [3.05, 3.63) is 77.5 Å². The van der Waals surface area contributed by atoms with Gasteiger partial charge >= 0.3 is 0 Å². The molecule has 0 fully saturated rings. The average Bonchev–Trinajstić information content (AvgIpc) is 2.57. The van der Waals surface area contributed by atoms with Crippen LogP contribution < -0.4 is 16.4 Å². The van der Waals surface area contributed by atoms with E-state index in [9.17, 15) is 0 Å². The summed E-state index contributed by atoms with van der Waals surface area (Å²) in [6.07, 6.45) is 1.64. The summed E-state index contributed by atoms with van der Waals surface area (Å²) in [7, 11) is 2.10. The van der Waals surface area contributed by atoms with Crippen LogP contribution in [0, 0.1) is 6.92 Å². The third-order valence-corrected chi connectivity index (χ3v) is 4.01. The summed E-state index contributed by atoms with van der Waals surface area (Å²) in [6, 6.07) is 18.7. The summed E-state index contributed by atoms with van der Waals surface area (Å²) in [4.78, 5) is 6.66. The summed E-state index contributed by atoms with van der Waals surface area (Å²) >= 11 is 0. The molecule has 130 valence electrons. The Labute approximate surface area is 149 Å². The number of aliphatic imine (C=N–C) groups is 1. The zero-order chi connectivity index (χ0) is 17.6. The first kappa shape index (κ1) is 17.0. The van der Waals surface area contributed by atoms with Crippen molar-refractivity contribution < 1.29 is 0 Å². The first-order chi connectivity index (χ1) is 12.1. The summed E-state index contributed by atoms with van der Waals surface area (Å²) < 4.78 is 0. The molecule has 2 aromatic rings. The Morgan fingerprint density at radius 3 is 2.52 bits per heavy atom.